The highest BCUT2D eigenvalue weighted by molar-refractivity contribution is 9.11. The van der Waals surface area contributed by atoms with Crippen molar-refractivity contribution >= 4 is 27.3 Å². The van der Waals surface area contributed by atoms with Gasteiger partial charge in [-0.3, -0.25) is 0 Å². The van der Waals surface area contributed by atoms with Crippen LogP contribution < -0.4 is 0 Å². The largest absolute Gasteiger partial charge is 0.365 e. The maximum Gasteiger partial charge on any atom is 0.132 e. The van der Waals surface area contributed by atoms with Crippen LogP contribution in [0.3, 0.4) is 0 Å². The second kappa shape index (κ2) is 2.04. The topological polar surface area (TPSA) is 25.4 Å². The van der Waals surface area contributed by atoms with Gasteiger partial charge >= 0.3 is 0 Å². The maximum absolute atomic E-state index is 5.03. The van der Waals surface area contributed by atoms with E-state index in [-0.39, 0.29) is 0 Å². The van der Waals surface area contributed by atoms with Crippen molar-refractivity contribution in [2.75, 3.05) is 6.61 Å². The van der Waals surface area contributed by atoms with Gasteiger partial charge in [0.2, 0.25) is 0 Å². The Morgan fingerprint density at radius 2 is 2.67 bits per heavy atom. The zero-order valence-corrected chi connectivity index (χ0v) is 6.91. The smallest absolute Gasteiger partial charge is 0.132 e. The van der Waals surface area contributed by atoms with Crippen LogP contribution in [0.25, 0.3) is 0 Å². The lowest BCUT2D eigenvalue weighted by atomic mass is 10.5. The van der Waals surface area contributed by atoms with E-state index in [1.54, 1.807) is 11.3 Å². The van der Waals surface area contributed by atoms with Gasteiger partial charge in [0.15, 0.2) is 0 Å². The molecule has 0 spiro atoms. The van der Waals surface area contributed by atoms with Crippen LogP contribution in [0.1, 0.15) is 11.1 Å². The summed E-state index contributed by atoms with van der Waals surface area (Å²) in [6.45, 7) is 0.847. The van der Waals surface area contributed by atoms with Gasteiger partial charge < -0.3 is 4.74 Å². The third-order valence-corrected chi connectivity index (χ3v) is 2.67. The lowest BCUT2D eigenvalue weighted by Crippen LogP contribution is -1.72. The maximum atomic E-state index is 5.03. The van der Waals surface area contributed by atoms with Gasteiger partial charge in [-0.2, -0.15) is 0 Å². The standard InChI is InChI=1S/C5H4BrNOS/c6-4-1-7-5(9-4)3-2-8-3/h1,3H,2H2. The van der Waals surface area contributed by atoms with Crippen molar-refractivity contribution in [1.29, 1.82) is 0 Å². The van der Waals surface area contributed by atoms with Crippen molar-refractivity contribution < 1.29 is 4.74 Å². The van der Waals surface area contributed by atoms with Gasteiger partial charge in [0, 0.05) is 0 Å². The predicted molar refractivity (Wildman–Crippen MR) is 38.5 cm³/mol. The number of hydrogen-bond acceptors (Lipinski definition) is 3. The summed E-state index contributed by atoms with van der Waals surface area (Å²) in [5.41, 5.74) is 0. The molecular weight excluding hydrogens is 202 g/mol. The van der Waals surface area contributed by atoms with E-state index in [2.05, 4.69) is 20.9 Å². The highest BCUT2D eigenvalue weighted by Gasteiger charge is 2.27. The zero-order valence-electron chi connectivity index (χ0n) is 4.50. The van der Waals surface area contributed by atoms with Crippen LogP contribution in [0, 0.1) is 0 Å². The van der Waals surface area contributed by atoms with E-state index in [0.29, 0.717) is 6.10 Å². The highest BCUT2D eigenvalue weighted by Crippen LogP contribution is 2.34. The first kappa shape index (κ1) is 5.82. The summed E-state index contributed by atoms with van der Waals surface area (Å²) in [5, 5.41) is 1.09. The molecule has 1 aromatic heterocycles. The molecule has 1 atom stereocenters. The lowest BCUT2D eigenvalue weighted by Gasteiger charge is -1.78. The molecule has 4 heteroatoms. The molecular formula is C5H4BrNOS. The Labute approximate surface area is 65.0 Å². The zero-order chi connectivity index (χ0) is 6.27. The van der Waals surface area contributed by atoms with Crippen LogP contribution in [-0.4, -0.2) is 11.6 Å². The second-order valence-electron chi connectivity index (χ2n) is 1.82. The predicted octanol–water partition coefficient (Wildman–Crippen LogP) is 1.98. The van der Waals surface area contributed by atoms with Crippen molar-refractivity contribution in [1.82, 2.24) is 4.98 Å². The van der Waals surface area contributed by atoms with E-state index in [4.69, 9.17) is 4.74 Å². The first-order valence-corrected chi connectivity index (χ1v) is 4.20. The molecule has 0 aliphatic carbocycles. The van der Waals surface area contributed by atoms with Gasteiger partial charge in [-0.25, -0.2) is 4.98 Å². The van der Waals surface area contributed by atoms with Crippen molar-refractivity contribution in [2.45, 2.75) is 6.10 Å². The molecule has 9 heavy (non-hydrogen) atoms. The van der Waals surface area contributed by atoms with Gasteiger partial charge in [-0.15, -0.1) is 11.3 Å². The van der Waals surface area contributed by atoms with E-state index in [1.807, 2.05) is 6.20 Å². The van der Waals surface area contributed by atoms with Gasteiger partial charge in [0.1, 0.15) is 11.1 Å². The molecule has 1 unspecified atom stereocenters. The van der Waals surface area contributed by atoms with Gasteiger partial charge in [-0.1, -0.05) is 0 Å². The van der Waals surface area contributed by atoms with Gasteiger partial charge in [0.25, 0.3) is 0 Å². The first-order valence-electron chi connectivity index (χ1n) is 2.59. The van der Waals surface area contributed by atoms with E-state index in [9.17, 15) is 0 Å². The number of thiazole rings is 1. The molecule has 1 aliphatic rings. The van der Waals surface area contributed by atoms with Crippen molar-refractivity contribution in [2.24, 2.45) is 0 Å². The van der Waals surface area contributed by atoms with Crippen LogP contribution >= 0.6 is 27.3 Å². The van der Waals surface area contributed by atoms with Crippen LogP contribution in [0.2, 0.25) is 0 Å². The average molecular weight is 206 g/mol. The summed E-state index contributed by atoms with van der Waals surface area (Å²) in [7, 11) is 0. The van der Waals surface area contributed by atoms with Crippen LogP contribution in [0.4, 0.5) is 0 Å². The Morgan fingerprint density at radius 1 is 1.89 bits per heavy atom. The highest BCUT2D eigenvalue weighted by atomic mass is 79.9. The molecule has 2 heterocycles. The fourth-order valence-electron chi connectivity index (χ4n) is 0.607. The normalized spacial score (nSPS) is 24.3. The molecule has 2 rings (SSSR count). The minimum atomic E-state index is 0.307. The van der Waals surface area contributed by atoms with Gasteiger partial charge in [-0.05, 0) is 15.9 Å². The number of aromatic nitrogens is 1. The summed E-state index contributed by atoms with van der Waals surface area (Å²) >= 11 is 4.97. The summed E-state index contributed by atoms with van der Waals surface area (Å²) in [4.78, 5) is 4.12. The number of rotatable bonds is 1. The van der Waals surface area contributed by atoms with Crippen molar-refractivity contribution in [3.05, 3.63) is 15.0 Å². The van der Waals surface area contributed by atoms with Crippen LogP contribution in [0.15, 0.2) is 9.98 Å². The molecule has 0 amide bonds. The molecule has 48 valence electrons. The number of halogens is 1. The number of hydrogen-bond donors (Lipinski definition) is 0. The molecule has 0 aromatic carbocycles. The summed E-state index contributed by atoms with van der Waals surface area (Å²) in [6.07, 6.45) is 2.11. The third kappa shape index (κ3) is 1.15. The second-order valence-corrected chi connectivity index (χ2v) is 4.27. The molecule has 0 radical (unpaired) electrons. The minimum absolute atomic E-state index is 0.307. The van der Waals surface area contributed by atoms with Crippen molar-refractivity contribution in [3.63, 3.8) is 0 Å². The average Bonchev–Trinajstić information content (AvgIpc) is 2.58. The summed E-state index contributed by atoms with van der Waals surface area (Å²) in [6, 6.07) is 0. The molecule has 2 nitrogen and oxygen atoms in total. The molecule has 0 saturated carbocycles. The Kier molecular flexibility index (Phi) is 1.32. The SMILES string of the molecule is Brc1cnc(C2CO2)s1. The molecule has 1 fully saturated rings. The molecule has 1 saturated heterocycles. The molecule has 0 bridgehead atoms. The minimum Gasteiger partial charge on any atom is -0.365 e. The van der Waals surface area contributed by atoms with E-state index >= 15 is 0 Å². The fraction of sp³-hybridized carbons (Fsp3) is 0.400. The van der Waals surface area contributed by atoms with E-state index < -0.39 is 0 Å². The molecule has 0 N–H and O–H groups in total. The van der Waals surface area contributed by atoms with Crippen LogP contribution in [-0.2, 0) is 4.74 Å². The number of nitrogens with zero attached hydrogens (tertiary/aromatic N) is 1. The fourth-order valence-corrected chi connectivity index (χ4v) is 1.88. The summed E-state index contributed by atoms with van der Waals surface area (Å²) in [5.74, 6) is 0. The van der Waals surface area contributed by atoms with Gasteiger partial charge in [0.05, 0.1) is 16.6 Å². The quantitative estimate of drug-likeness (QED) is 0.656. The lowest BCUT2D eigenvalue weighted by molar-refractivity contribution is 0.415. The Hall–Kier alpha value is 0.0700. The number of ether oxygens (including phenoxy) is 1. The number of epoxide rings is 1. The molecule has 1 aliphatic heterocycles. The first-order chi connectivity index (χ1) is 4.36. The van der Waals surface area contributed by atoms with Crippen molar-refractivity contribution in [3.8, 4) is 0 Å². The monoisotopic (exact) mass is 205 g/mol. The van der Waals surface area contributed by atoms with E-state index in [1.165, 1.54) is 0 Å². The van der Waals surface area contributed by atoms with E-state index in [0.717, 1.165) is 15.4 Å². The van der Waals surface area contributed by atoms with Crippen LogP contribution in [0.5, 0.6) is 0 Å². The summed E-state index contributed by atoms with van der Waals surface area (Å²) < 4.78 is 6.11. The third-order valence-electron chi connectivity index (χ3n) is 1.10. The Morgan fingerprint density at radius 3 is 3.11 bits per heavy atom. The Balaban J connectivity index is 2.28. The molecule has 1 aromatic rings. The Bertz CT molecular complexity index is 220.